The lowest BCUT2D eigenvalue weighted by Crippen LogP contribution is -2.31. The van der Waals surface area contributed by atoms with Gasteiger partial charge in [-0.1, -0.05) is 72.0 Å². The van der Waals surface area contributed by atoms with Crippen LogP contribution in [0.25, 0.3) is 0 Å². The van der Waals surface area contributed by atoms with Gasteiger partial charge in [-0.15, -0.1) is 0 Å². The smallest absolute Gasteiger partial charge is 0.335 e. The van der Waals surface area contributed by atoms with Gasteiger partial charge in [0.1, 0.15) is 0 Å². The van der Waals surface area contributed by atoms with Gasteiger partial charge in [0, 0.05) is 5.92 Å². The third-order valence-electron chi connectivity index (χ3n) is 9.28. The SMILES string of the molecule is C=C(CO)C(=O)OCC(CCC1CCC(C2CCC(CCCCC)CC2)CC1CC)COC(=O)C(=C)CO. The van der Waals surface area contributed by atoms with Crippen molar-refractivity contribution < 1.29 is 29.3 Å². The number of carbonyl (C=O) groups excluding carboxylic acids is 2. The van der Waals surface area contributed by atoms with Crippen molar-refractivity contribution in [3.8, 4) is 0 Å². The molecule has 0 saturated heterocycles. The van der Waals surface area contributed by atoms with E-state index in [1.165, 1.54) is 77.0 Å². The molecule has 0 aromatic heterocycles. The van der Waals surface area contributed by atoms with Gasteiger partial charge in [0.25, 0.3) is 0 Å². The molecule has 0 bridgehead atoms. The van der Waals surface area contributed by atoms with Crippen LogP contribution in [0.5, 0.6) is 0 Å². The molecule has 2 fully saturated rings. The van der Waals surface area contributed by atoms with Gasteiger partial charge in [-0.3, -0.25) is 0 Å². The van der Waals surface area contributed by atoms with Gasteiger partial charge >= 0.3 is 11.9 Å². The fraction of sp³-hybridized carbons (Fsp3) is 0.812. The minimum atomic E-state index is -0.629. The lowest BCUT2D eigenvalue weighted by atomic mass is 9.64. The van der Waals surface area contributed by atoms with E-state index in [-0.39, 0.29) is 30.3 Å². The first kappa shape index (κ1) is 32.6. The summed E-state index contributed by atoms with van der Waals surface area (Å²) in [6.07, 6.45) is 18.1. The zero-order valence-corrected chi connectivity index (χ0v) is 24.1. The number of rotatable bonds is 17. The van der Waals surface area contributed by atoms with Crippen LogP contribution in [0.4, 0.5) is 0 Å². The van der Waals surface area contributed by atoms with E-state index in [0.29, 0.717) is 11.8 Å². The Morgan fingerprint density at radius 2 is 1.37 bits per heavy atom. The maximum Gasteiger partial charge on any atom is 0.335 e. The summed E-state index contributed by atoms with van der Waals surface area (Å²) >= 11 is 0. The van der Waals surface area contributed by atoms with Gasteiger partial charge in [0.05, 0.1) is 37.6 Å². The molecule has 2 saturated carbocycles. The van der Waals surface area contributed by atoms with Crippen LogP contribution in [-0.2, 0) is 19.1 Å². The molecule has 0 amide bonds. The first-order chi connectivity index (χ1) is 18.3. The monoisotopic (exact) mass is 534 g/mol. The zero-order chi connectivity index (χ0) is 27.9. The fourth-order valence-corrected chi connectivity index (χ4v) is 6.69. The Morgan fingerprint density at radius 3 is 1.89 bits per heavy atom. The Hall–Kier alpha value is -1.66. The molecule has 0 radical (unpaired) electrons. The van der Waals surface area contributed by atoms with Crippen molar-refractivity contribution in [1.29, 1.82) is 0 Å². The molecule has 0 spiro atoms. The third-order valence-corrected chi connectivity index (χ3v) is 9.28. The highest BCUT2D eigenvalue weighted by Crippen LogP contribution is 2.46. The molecule has 6 heteroatoms. The van der Waals surface area contributed by atoms with Crippen molar-refractivity contribution >= 4 is 11.9 Å². The minimum Gasteiger partial charge on any atom is -0.462 e. The fourth-order valence-electron chi connectivity index (χ4n) is 6.69. The predicted octanol–water partition coefficient (Wildman–Crippen LogP) is 6.40. The summed E-state index contributed by atoms with van der Waals surface area (Å²) < 4.78 is 10.7. The molecule has 2 aliphatic carbocycles. The highest BCUT2D eigenvalue weighted by Gasteiger charge is 2.35. The summed E-state index contributed by atoms with van der Waals surface area (Å²) in [4.78, 5) is 24.0. The third kappa shape index (κ3) is 10.8. The molecule has 3 atom stereocenters. The van der Waals surface area contributed by atoms with Gasteiger partial charge in [0.15, 0.2) is 0 Å². The maximum absolute atomic E-state index is 12.0. The van der Waals surface area contributed by atoms with Gasteiger partial charge in [-0.25, -0.2) is 9.59 Å². The van der Waals surface area contributed by atoms with Gasteiger partial charge in [-0.05, 0) is 74.5 Å². The van der Waals surface area contributed by atoms with Crippen LogP contribution in [0.3, 0.4) is 0 Å². The summed E-state index contributed by atoms with van der Waals surface area (Å²) in [6.45, 7) is 10.9. The van der Waals surface area contributed by atoms with E-state index >= 15 is 0 Å². The molecule has 2 rings (SSSR count). The lowest BCUT2D eigenvalue weighted by molar-refractivity contribution is -0.144. The van der Waals surface area contributed by atoms with E-state index < -0.39 is 25.2 Å². The van der Waals surface area contributed by atoms with Crippen molar-refractivity contribution in [2.45, 2.75) is 104 Å². The molecule has 3 unspecified atom stereocenters. The first-order valence-electron chi connectivity index (χ1n) is 15.2. The standard InChI is InChI=1S/C32H54O6/c1-5-7-8-9-25-10-13-29(14-11-25)30-17-16-28(27(6-2)18-30)15-12-26(21-37-31(35)23(3)19-33)22-38-32(36)24(4)20-34/h25-30,33-34H,3-22H2,1-2H3. The Balaban J connectivity index is 1.86. The van der Waals surface area contributed by atoms with Crippen LogP contribution in [-0.4, -0.2) is 48.6 Å². The van der Waals surface area contributed by atoms with Crippen LogP contribution in [0.15, 0.2) is 24.3 Å². The Kier molecular flexibility index (Phi) is 15.3. The number of esters is 2. The Labute approximate surface area is 231 Å². The van der Waals surface area contributed by atoms with Crippen molar-refractivity contribution in [3.05, 3.63) is 24.3 Å². The summed E-state index contributed by atoms with van der Waals surface area (Å²) in [7, 11) is 0. The number of unbranched alkanes of at least 4 members (excludes halogenated alkanes) is 2. The average Bonchev–Trinajstić information content (AvgIpc) is 2.95. The van der Waals surface area contributed by atoms with Crippen molar-refractivity contribution in [3.63, 3.8) is 0 Å². The minimum absolute atomic E-state index is 0.00812. The largest absolute Gasteiger partial charge is 0.462 e. The molecule has 218 valence electrons. The molecule has 0 aromatic carbocycles. The molecule has 38 heavy (non-hydrogen) atoms. The second kappa shape index (κ2) is 17.8. The van der Waals surface area contributed by atoms with Gasteiger partial charge < -0.3 is 19.7 Å². The van der Waals surface area contributed by atoms with E-state index in [9.17, 15) is 9.59 Å². The molecular formula is C32H54O6. The van der Waals surface area contributed by atoms with Crippen LogP contribution in [0, 0.1) is 35.5 Å². The number of aliphatic hydroxyl groups excluding tert-OH is 2. The van der Waals surface area contributed by atoms with Gasteiger partial charge in [0.2, 0.25) is 0 Å². The van der Waals surface area contributed by atoms with Crippen molar-refractivity contribution in [2.24, 2.45) is 35.5 Å². The van der Waals surface area contributed by atoms with E-state index in [2.05, 4.69) is 27.0 Å². The van der Waals surface area contributed by atoms with E-state index in [4.69, 9.17) is 19.7 Å². The molecule has 6 nitrogen and oxygen atoms in total. The average molecular weight is 535 g/mol. The highest BCUT2D eigenvalue weighted by molar-refractivity contribution is 5.88. The number of ether oxygens (including phenoxy) is 2. The number of aliphatic hydroxyl groups is 2. The number of hydrogen-bond acceptors (Lipinski definition) is 6. The van der Waals surface area contributed by atoms with E-state index in [1.807, 2.05) is 0 Å². The summed E-state index contributed by atoms with van der Waals surface area (Å²) in [5, 5.41) is 18.3. The molecule has 0 heterocycles. The summed E-state index contributed by atoms with van der Waals surface area (Å²) in [5.74, 6) is 2.66. The van der Waals surface area contributed by atoms with Crippen LogP contribution >= 0.6 is 0 Å². The second-order valence-electron chi connectivity index (χ2n) is 11.9. The molecule has 0 aliphatic heterocycles. The van der Waals surface area contributed by atoms with Crippen molar-refractivity contribution in [1.82, 2.24) is 0 Å². The predicted molar refractivity (Wildman–Crippen MR) is 151 cm³/mol. The quantitative estimate of drug-likeness (QED) is 0.127. The van der Waals surface area contributed by atoms with Gasteiger partial charge in [-0.2, -0.15) is 0 Å². The Bertz CT molecular complexity index is 706. The van der Waals surface area contributed by atoms with E-state index in [1.54, 1.807) is 0 Å². The zero-order valence-electron chi connectivity index (χ0n) is 24.1. The first-order valence-corrected chi connectivity index (χ1v) is 15.2. The van der Waals surface area contributed by atoms with Crippen molar-refractivity contribution in [2.75, 3.05) is 26.4 Å². The molecule has 2 N–H and O–H groups in total. The molecule has 2 aliphatic rings. The highest BCUT2D eigenvalue weighted by atomic mass is 16.5. The number of carbonyl (C=O) groups is 2. The van der Waals surface area contributed by atoms with Crippen LogP contribution in [0.1, 0.15) is 104 Å². The van der Waals surface area contributed by atoms with E-state index in [0.717, 1.165) is 30.6 Å². The topological polar surface area (TPSA) is 93.1 Å². The summed E-state index contributed by atoms with van der Waals surface area (Å²) in [6, 6.07) is 0. The van der Waals surface area contributed by atoms with Crippen LogP contribution < -0.4 is 0 Å². The molecular weight excluding hydrogens is 480 g/mol. The van der Waals surface area contributed by atoms with Crippen LogP contribution in [0.2, 0.25) is 0 Å². The Morgan fingerprint density at radius 1 is 0.789 bits per heavy atom. The molecule has 0 aromatic rings. The second-order valence-corrected chi connectivity index (χ2v) is 11.9. The number of hydrogen-bond donors (Lipinski definition) is 2. The normalized spacial score (nSPS) is 25.7. The lowest BCUT2D eigenvalue weighted by Gasteiger charge is -2.42. The summed E-state index contributed by atoms with van der Waals surface area (Å²) in [5.41, 5.74) is 0.0162. The maximum atomic E-state index is 12.0.